The summed E-state index contributed by atoms with van der Waals surface area (Å²) >= 11 is 2.79. The number of hydrogen-bond donors (Lipinski definition) is 7. The van der Waals surface area contributed by atoms with Gasteiger partial charge in [0.25, 0.3) is 0 Å². The summed E-state index contributed by atoms with van der Waals surface area (Å²) in [5.41, 5.74) is 1.47. The molecule has 478 valence electrons. The molecule has 5 aliphatic rings. The highest BCUT2D eigenvalue weighted by atomic mass is 127. The molecule has 1 unspecified atom stereocenters. The van der Waals surface area contributed by atoms with Gasteiger partial charge < -0.3 is 87.3 Å². The van der Waals surface area contributed by atoms with E-state index in [1.165, 1.54) is 83.8 Å². The van der Waals surface area contributed by atoms with Gasteiger partial charge in [0.05, 0.1) is 96.2 Å². The molecule has 4 saturated heterocycles. The number of carbonyl (C=O) groups is 4. The van der Waals surface area contributed by atoms with Crippen LogP contribution in [0, 0.1) is 34.7 Å². The van der Waals surface area contributed by atoms with Crippen LogP contribution in [-0.4, -0.2) is 230 Å². The van der Waals surface area contributed by atoms with Crippen molar-refractivity contribution in [3.63, 3.8) is 0 Å². The van der Waals surface area contributed by atoms with Crippen molar-refractivity contribution < 1.29 is 106 Å². The van der Waals surface area contributed by atoms with E-state index in [2.05, 4.69) is 28.6 Å². The Bertz CT molecular complexity index is 2730. The third kappa shape index (κ3) is 16.9. The first-order valence-electron chi connectivity index (χ1n) is 27.0. The van der Waals surface area contributed by atoms with Crippen molar-refractivity contribution in [2.24, 2.45) is 0 Å². The molecule has 6 rings (SSSR count). The quantitative estimate of drug-likeness (QED) is 0.0206. The van der Waals surface area contributed by atoms with Gasteiger partial charge in [-0.1, -0.05) is 57.2 Å². The van der Waals surface area contributed by atoms with E-state index in [0.717, 1.165) is 18.9 Å². The molecule has 86 heavy (non-hydrogen) atoms. The van der Waals surface area contributed by atoms with Crippen molar-refractivity contribution in [3.05, 3.63) is 49.8 Å². The number of ketones is 1. The zero-order valence-electron chi connectivity index (χ0n) is 49.4. The average molecular weight is 1400 g/mol. The first-order valence-corrected chi connectivity index (χ1v) is 33.0. The first-order chi connectivity index (χ1) is 40.9. The van der Waals surface area contributed by atoms with Crippen LogP contribution in [0.5, 0.6) is 17.2 Å². The summed E-state index contributed by atoms with van der Waals surface area (Å²) in [6.07, 6.45) is -6.93. The lowest BCUT2D eigenvalue weighted by Crippen LogP contribution is -2.65. The molecule has 4 aliphatic heterocycles. The van der Waals surface area contributed by atoms with Crippen LogP contribution in [0.1, 0.15) is 62.9 Å². The summed E-state index contributed by atoms with van der Waals surface area (Å²) in [6.45, 7) is 7.96. The number of methoxy groups -OCH3 is 5. The number of rotatable bonds is 23. The molecule has 1 aromatic carbocycles. The molecule has 0 spiro atoms. The largest absolute Gasteiger partial charge is 0.492 e. The van der Waals surface area contributed by atoms with Gasteiger partial charge in [0.2, 0.25) is 23.6 Å². The molecule has 4 heterocycles. The van der Waals surface area contributed by atoms with Gasteiger partial charge in [-0.2, -0.15) is 5.48 Å². The monoisotopic (exact) mass is 1400 g/mol. The van der Waals surface area contributed by atoms with Gasteiger partial charge in [-0.3, -0.25) is 24.5 Å². The highest BCUT2D eigenvalue weighted by Gasteiger charge is 2.52. The molecule has 7 N–H and O–H groups in total. The maximum atomic E-state index is 14.4. The van der Waals surface area contributed by atoms with Crippen molar-refractivity contribution in [1.29, 1.82) is 0 Å². The van der Waals surface area contributed by atoms with Gasteiger partial charge in [-0.15, -0.1) is 6.42 Å². The number of hydroxylamine groups is 1. The molecule has 1 aromatic rings. The summed E-state index contributed by atoms with van der Waals surface area (Å²) < 4.78 is 72.2. The average Bonchev–Trinajstić information content (AvgIpc) is 0.861. The Balaban J connectivity index is 1.27. The Morgan fingerprint density at radius 1 is 0.930 bits per heavy atom. The number of halogens is 1. The topological polar surface area (TPSA) is 317 Å². The maximum absolute atomic E-state index is 14.4. The normalized spacial score (nSPS) is 33.9. The number of aliphatic hydroxyl groups excluding tert-OH is 4. The second kappa shape index (κ2) is 33.1. The number of Topliss-reactive ketones (excluding diaryl/α,β-unsaturated/α-hetero) is 1. The molecule has 30 heteroatoms. The molecule has 0 radical (unpaired) electrons. The summed E-state index contributed by atoms with van der Waals surface area (Å²) in [7, 11) is 12.7. The van der Waals surface area contributed by atoms with Crippen molar-refractivity contribution in [1.82, 2.24) is 15.7 Å². The second-order valence-corrected chi connectivity index (χ2v) is 27.2. The third-order valence-corrected chi connectivity index (χ3v) is 21.3. The Hall–Kier alpha value is -3.43. The van der Waals surface area contributed by atoms with Crippen LogP contribution >= 0.6 is 65.8 Å². The number of likely N-dealkylation sites (N-methyl/N-ethyl adjacent to an activating group) is 1. The lowest BCUT2D eigenvalue weighted by molar-refractivity contribution is -0.337. The van der Waals surface area contributed by atoms with Crippen LogP contribution in [0.2, 0.25) is 0 Å². The van der Waals surface area contributed by atoms with E-state index in [0.29, 0.717) is 21.3 Å². The standard InChI is InChI=1S/C56H76IN3O22S4/c1-14-15-16-17-18-34(39-30(19-20-84-86-83-13)56(6,69)23-33(63)42(39)58-55(68)74-12)79-54-49(80-36-22-35(70-8)31(24-75-36)60(7)25-61)44(65)41(27(3)77-54)59-82-37-21-32(62)51(29(5)76-37)85-52(67)38-26(2)40(57)47(50(73-11)46(38)71-9)81-53-45(66)48(72-10)43(64)28(4)78-53/h1,15-16,19,25,27-29,31-32,34-37,41,43-45,48-49,51,53-54,59,62,64-66,69H,20-24H2,2-13H3,(H,58,68)/b16-15-,30-19+/t27-,28+,29-,31+,32+,34?,35+,36+,37+,41-,43+,44+,45-,48-,49-,51-,53+,54+,56+/m1/s1. The Kier molecular flexibility index (Phi) is 27.5. The second-order valence-electron chi connectivity index (χ2n) is 20.6. The number of terminal acetylenes is 1. The minimum Gasteiger partial charge on any atom is -0.492 e. The number of aliphatic hydroxyl groups is 5. The van der Waals surface area contributed by atoms with Gasteiger partial charge in [-0.05, 0) is 96.6 Å². The van der Waals surface area contributed by atoms with E-state index in [1.807, 2.05) is 28.8 Å². The smallest absolute Gasteiger partial charge is 0.411 e. The van der Waals surface area contributed by atoms with Crippen LogP contribution in [0.15, 0.2) is 35.1 Å². The van der Waals surface area contributed by atoms with E-state index in [4.69, 9.17) is 68.1 Å². The van der Waals surface area contributed by atoms with Gasteiger partial charge in [0, 0.05) is 51.9 Å². The summed E-state index contributed by atoms with van der Waals surface area (Å²) in [6, 6.07) is -1.65. The van der Waals surface area contributed by atoms with Crippen molar-refractivity contribution in [2.75, 3.05) is 61.2 Å². The maximum Gasteiger partial charge on any atom is 0.411 e. The molecule has 0 bridgehead atoms. The molecule has 25 nitrogen and oxygen atoms in total. The minimum atomic E-state index is -1.81. The summed E-state index contributed by atoms with van der Waals surface area (Å²) in [5.74, 6) is 7.92. The molecule has 0 aromatic heterocycles. The number of ether oxygens (including phenoxy) is 12. The molecule has 4 fully saturated rings. The van der Waals surface area contributed by atoms with Gasteiger partial charge in [0.15, 0.2) is 36.2 Å². The molecule has 0 saturated carbocycles. The van der Waals surface area contributed by atoms with Crippen LogP contribution < -0.4 is 25.0 Å². The zero-order valence-corrected chi connectivity index (χ0v) is 54.9. The fourth-order valence-corrected chi connectivity index (χ4v) is 14.6. The lowest BCUT2D eigenvalue weighted by Gasteiger charge is -2.47. The predicted molar refractivity (Wildman–Crippen MR) is 327 cm³/mol. The molecule has 1 aliphatic carbocycles. The van der Waals surface area contributed by atoms with Gasteiger partial charge >= 0.3 is 6.09 Å². The highest BCUT2D eigenvalue weighted by Crippen LogP contribution is 2.49. The summed E-state index contributed by atoms with van der Waals surface area (Å²) in [5, 5.41) is 59.0. The number of amides is 2. The van der Waals surface area contributed by atoms with E-state index < -0.39 is 139 Å². The van der Waals surface area contributed by atoms with E-state index in [1.54, 1.807) is 40.8 Å². The molecule has 2 amide bonds. The predicted octanol–water partition coefficient (Wildman–Crippen LogP) is 3.31. The number of thioether (sulfide) groups is 1. The Morgan fingerprint density at radius 3 is 2.27 bits per heavy atom. The Morgan fingerprint density at radius 2 is 1.64 bits per heavy atom. The first kappa shape index (κ1) is 71.6. The van der Waals surface area contributed by atoms with Gasteiger partial charge in [0.1, 0.15) is 36.6 Å². The number of alkyl carbamates (subject to hydrolysis) is 1. The number of benzene rings is 1. The van der Waals surface area contributed by atoms with Crippen LogP contribution in [0.3, 0.4) is 0 Å². The van der Waals surface area contributed by atoms with Crippen molar-refractivity contribution in [3.8, 4) is 41.4 Å². The lowest BCUT2D eigenvalue weighted by atomic mass is 9.76. The third-order valence-electron chi connectivity index (χ3n) is 14.9. The van der Waals surface area contributed by atoms with Crippen LogP contribution in [-0.2, 0) is 57.1 Å². The van der Waals surface area contributed by atoms with E-state index >= 15 is 0 Å². The Labute approximate surface area is 529 Å². The summed E-state index contributed by atoms with van der Waals surface area (Å²) in [4.78, 5) is 60.7. The van der Waals surface area contributed by atoms with Crippen molar-refractivity contribution in [2.45, 2.75) is 169 Å². The van der Waals surface area contributed by atoms with Crippen LogP contribution in [0.4, 0.5) is 4.79 Å². The molecular formula is C56H76IN3O22S4. The number of nitrogens with zero attached hydrogens (tertiary/aromatic N) is 1. The van der Waals surface area contributed by atoms with Crippen LogP contribution in [0.25, 0.3) is 0 Å². The van der Waals surface area contributed by atoms with E-state index in [-0.39, 0.29) is 59.1 Å². The fourth-order valence-electron chi connectivity index (χ4n) is 10.4. The van der Waals surface area contributed by atoms with E-state index in [9.17, 15) is 44.7 Å². The molecule has 19 atom stereocenters. The number of nitrogens with one attached hydrogen (secondary N) is 2. The van der Waals surface area contributed by atoms with Crippen molar-refractivity contribution >= 4 is 89.2 Å². The number of hydrogen-bond acceptors (Lipinski definition) is 27. The number of allylic oxidation sites excluding steroid dienone is 3. The zero-order chi connectivity index (χ0) is 63.3. The molecular weight excluding hydrogens is 1320 g/mol. The number of carbonyl (C=O) groups excluding carboxylic acids is 4. The fraction of sp³-hybridized carbons (Fsp3) is 0.643. The van der Waals surface area contributed by atoms with Gasteiger partial charge in [-0.25, -0.2) is 4.79 Å². The SMILES string of the molecule is C#C/C=C\C#CC(O[C@@H]1O[C@H](C)[C@@H](NO[C@H]2C[C@H](O)[C@H](SC(=O)c3c(C)c(I)c(O[C@@H]4O[C@@H](C)[C@H](O)[C@@H](OC)[C@H]4O)c(OC)c3OC)[C@@H](C)O2)[C@H](O)[C@H]1O[C@H]1C[C@H](OC)[C@@H](N(C)C=O)CO1)C1=C(NC(=O)OC)C(=O)C[C@](C)(O)/C1=C/CSSSC. The minimum absolute atomic E-state index is 0.0110. The highest BCUT2D eigenvalue weighted by molar-refractivity contribution is 14.1.